The van der Waals surface area contributed by atoms with Crippen LogP contribution >= 0.6 is 0 Å². The normalized spacial score (nSPS) is 10.7. The molecule has 0 atom stereocenters. The van der Waals surface area contributed by atoms with Crippen molar-refractivity contribution < 1.29 is 10.2 Å². The van der Waals surface area contributed by atoms with Crippen molar-refractivity contribution in [3.8, 4) is 11.5 Å². The Bertz CT molecular complexity index is 448. The molecule has 0 aliphatic rings. The SMILES string of the molecule is CCCCCCCCCCCCCCCCCCc1cc(O)ccc1O.[K]. The van der Waals surface area contributed by atoms with E-state index >= 15 is 0 Å². The summed E-state index contributed by atoms with van der Waals surface area (Å²) in [4.78, 5) is 0. The van der Waals surface area contributed by atoms with Gasteiger partial charge in [-0.05, 0) is 36.6 Å². The molecule has 27 heavy (non-hydrogen) atoms. The van der Waals surface area contributed by atoms with Crippen molar-refractivity contribution in [2.45, 2.75) is 116 Å². The first-order chi connectivity index (χ1) is 12.7. The maximum atomic E-state index is 9.75. The predicted octanol–water partition coefficient (Wildman–Crippen LogP) is 7.52. The molecule has 0 aromatic heterocycles. The van der Waals surface area contributed by atoms with Gasteiger partial charge in [0.25, 0.3) is 0 Å². The van der Waals surface area contributed by atoms with Crippen molar-refractivity contribution in [3.63, 3.8) is 0 Å². The van der Waals surface area contributed by atoms with Crippen LogP contribution in [0.15, 0.2) is 18.2 Å². The molecule has 1 radical (unpaired) electrons. The van der Waals surface area contributed by atoms with E-state index in [1.807, 2.05) is 0 Å². The number of unbranched alkanes of at least 4 members (excludes halogenated alkanes) is 15. The van der Waals surface area contributed by atoms with Gasteiger partial charge in [0.1, 0.15) is 11.5 Å². The summed E-state index contributed by atoms with van der Waals surface area (Å²) in [5.41, 5.74) is 0.871. The van der Waals surface area contributed by atoms with Crippen LogP contribution in [-0.2, 0) is 6.42 Å². The fourth-order valence-corrected chi connectivity index (χ4v) is 3.64. The van der Waals surface area contributed by atoms with Crippen LogP contribution in [0.1, 0.15) is 115 Å². The van der Waals surface area contributed by atoms with E-state index in [0.29, 0.717) is 5.75 Å². The summed E-state index contributed by atoms with van der Waals surface area (Å²) in [5.74, 6) is 0.554. The Balaban J connectivity index is 0.00000676. The molecule has 1 aromatic carbocycles. The summed E-state index contributed by atoms with van der Waals surface area (Å²) < 4.78 is 0. The van der Waals surface area contributed by atoms with Crippen molar-refractivity contribution in [2.75, 3.05) is 0 Å². The number of rotatable bonds is 17. The molecule has 0 unspecified atom stereocenters. The number of benzene rings is 1. The molecular formula is C24H42KO2. The summed E-state index contributed by atoms with van der Waals surface area (Å²) in [5, 5.41) is 19.2. The van der Waals surface area contributed by atoms with Gasteiger partial charge in [-0.25, -0.2) is 0 Å². The largest absolute Gasteiger partial charge is 0.508 e. The molecule has 151 valence electrons. The van der Waals surface area contributed by atoms with E-state index in [2.05, 4.69) is 6.92 Å². The van der Waals surface area contributed by atoms with Gasteiger partial charge in [-0.2, -0.15) is 0 Å². The molecule has 2 nitrogen and oxygen atoms in total. The molecule has 0 heterocycles. The second kappa shape index (κ2) is 19.8. The number of aryl methyl sites for hydroxylation is 1. The molecule has 0 saturated carbocycles. The van der Waals surface area contributed by atoms with Crippen LogP contribution in [0.25, 0.3) is 0 Å². The molecule has 0 bridgehead atoms. The number of phenols is 2. The zero-order valence-electron chi connectivity index (χ0n) is 18.1. The molecule has 1 rings (SSSR count). The van der Waals surface area contributed by atoms with Crippen molar-refractivity contribution >= 4 is 51.4 Å². The second-order valence-electron chi connectivity index (χ2n) is 7.87. The minimum atomic E-state index is 0. The first-order valence-corrected chi connectivity index (χ1v) is 11.2. The van der Waals surface area contributed by atoms with Gasteiger partial charge in [-0.3, -0.25) is 0 Å². The molecular weight excluding hydrogens is 359 g/mol. The Kier molecular flexibility index (Phi) is 20.1. The van der Waals surface area contributed by atoms with Crippen LogP contribution in [0.2, 0.25) is 0 Å². The Morgan fingerprint density at radius 3 is 1.44 bits per heavy atom. The van der Waals surface area contributed by atoms with Gasteiger partial charge < -0.3 is 10.2 Å². The molecule has 0 saturated heterocycles. The smallest absolute Gasteiger partial charge is 0.119 e. The number of aromatic hydroxyl groups is 2. The van der Waals surface area contributed by atoms with Crippen molar-refractivity contribution in [3.05, 3.63) is 23.8 Å². The standard InChI is InChI=1S/C24H42O2.K/c1-2-3-4-5-6-7-8-9-10-11-12-13-14-15-16-17-18-22-21-23(25)19-20-24(22)26;/h19-21,25-26H,2-18H2,1H3;. The quantitative estimate of drug-likeness (QED) is 0.161. The van der Waals surface area contributed by atoms with Crippen LogP contribution in [0, 0.1) is 0 Å². The van der Waals surface area contributed by atoms with Crippen LogP contribution in [0.4, 0.5) is 0 Å². The molecule has 0 amide bonds. The summed E-state index contributed by atoms with van der Waals surface area (Å²) in [6.45, 7) is 2.28. The molecule has 0 spiro atoms. The van der Waals surface area contributed by atoms with Crippen LogP contribution in [-0.4, -0.2) is 61.6 Å². The molecule has 0 aliphatic carbocycles. The first kappa shape index (κ1) is 27.5. The van der Waals surface area contributed by atoms with Gasteiger partial charge in [0.2, 0.25) is 0 Å². The van der Waals surface area contributed by atoms with Gasteiger partial charge >= 0.3 is 0 Å². The minimum Gasteiger partial charge on any atom is -0.508 e. The van der Waals surface area contributed by atoms with Gasteiger partial charge in [0.05, 0.1) is 0 Å². The van der Waals surface area contributed by atoms with Crippen LogP contribution < -0.4 is 0 Å². The van der Waals surface area contributed by atoms with Gasteiger partial charge in [-0.1, -0.05) is 103 Å². The third-order valence-corrected chi connectivity index (χ3v) is 5.36. The Morgan fingerprint density at radius 2 is 1.00 bits per heavy atom. The topological polar surface area (TPSA) is 40.5 Å². The van der Waals surface area contributed by atoms with Crippen molar-refractivity contribution in [1.29, 1.82) is 0 Å². The molecule has 2 N–H and O–H groups in total. The van der Waals surface area contributed by atoms with E-state index in [4.69, 9.17) is 0 Å². The monoisotopic (exact) mass is 401 g/mol. The third-order valence-electron chi connectivity index (χ3n) is 5.36. The fourth-order valence-electron chi connectivity index (χ4n) is 3.64. The first-order valence-electron chi connectivity index (χ1n) is 11.2. The molecule has 3 heteroatoms. The van der Waals surface area contributed by atoms with E-state index in [0.717, 1.165) is 18.4 Å². The fraction of sp³-hybridized carbons (Fsp3) is 0.750. The Hall–Kier alpha value is 0.456. The third kappa shape index (κ3) is 16.0. The minimum absolute atomic E-state index is 0. The number of hydrogen-bond donors (Lipinski definition) is 2. The summed E-state index contributed by atoms with van der Waals surface area (Å²) in [6, 6.07) is 4.80. The van der Waals surface area contributed by atoms with E-state index in [9.17, 15) is 10.2 Å². The van der Waals surface area contributed by atoms with Gasteiger partial charge in [0.15, 0.2) is 0 Å². The van der Waals surface area contributed by atoms with E-state index < -0.39 is 0 Å². The van der Waals surface area contributed by atoms with Gasteiger partial charge in [-0.15, -0.1) is 0 Å². The average Bonchev–Trinajstić information content (AvgIpc) is 2.64. The van der Waals surface area contributed by atoms with Crippen molar-refractivity contribution in [2.24, 2.45) is 0 Å². The maximum absolute atomic E-state index is 9.75. The summed E-state index contributed by atoms with van der Waals surface area (Å²) in [7, 11) is 0. The summed E-state index contributed by atoms with van der Waals surface area (Å²) in [6.07, 6.45) is 22.8. The zero-order chi connectivity index (χ0) is 18.9. The number of phenolic OH excluding ortho intramolecular Hbond substituents is 2. The Morgan fingerprint density at radius 1 is 0.593 bits per heavy atom. The van der Waals surface area contributed by atoms with Crippen molar-refractivity contribution in [1.82, 2.24) is 0 Å². The molecule has 1 aromatic rings. The molecule has 0 aliphatic heterocycles. The predicted molar refractivity (Wildman–Crippen MR) is 119 cm³/mol. The number of hydrogen-bond acceptors (Lipinski definition) is 2. The van der Waals surface area contributed by atoms with Gasteiger partial charge in [0, 0.05) is 51.4 Å². The van der Waals surface area contributed by atoms with E-state index in [1.54, 1.807) is 12.1 Å². The summed E-state index contributed by atoms with van der Waals surface area (Å²) >= 11 is 0. The van der Waals surface area contributed by atoms with Crippen LogP contribution in [0.3, 0.4) is 0 Å². The van der Waals surface area contributed by atoms with E-state index in [1.165, 1.54) is 102 Å². The maximum Gasteiger partial charge on any atom is 0.119 e. The van der Waals surface area contributed by atoms with E-state index in [-0.39, 0.29) is 57.1 Å². The zero-order valence-corrected chi connectivity index (χ0v) is 21.3. The second-order valence-corrected chi connectivity index (χ2v) is 7.87. The average molecular weight is 402 g/mol. The Labute approximate surface area is 211 Å². The van der Waals surface area contributed by atoms with Crippen LogP contribution in [0.5, 0.6) is 11.5 Å². The molecule has 0 fully saturated rings.